The predicted molar refractivity (Wildman–Crippen MR) is 72.6 cm³/mol. The van der Waals surface area contributed by atoms with E-state index in [1.165, 1.54) is 6.33 Å². The Bertz CT molecular complexity index is 687. The molecule has 3 aromatic rings. The molecule has 0 unspecified atom stereocenters. The summed E-state index contributed by atoms with van der Waals surface area (Å²) in [4.78, 5) is 14.3. The van der Waals surface area contributed by atoms with E-state index in [2.05, 4.69) is 25.1 Å². The molecule has 3 rings (SSSR count). The fourth-order valence-electron chi connectivity index (χ4n) is 1.73. The van der Waals surface area contributed by atoms with Crippen molar-refractivity contribution in [3.8, 4) is 22.1 Å². The average Bonchev–Trinajstić information content (AvgIpc) is 3.06. The van der Waals surface area contributed by atoms with Crippen LogP contribution in [0.15, 0.2) is 24.0 Å². The van der Waals surface area contributed by atoms with E-state index in [0.29, 0.717) is 0 Å². The number of rotatable bonds is 3. The van der Waals surface area contributed by atoms with Crippen LogP contribution < -0.4 is 0 Å². The Morgan fingerprint density at radius 2 is 2.16 bits per heavy atom. The first-order valence-electron chi connectivity index (χ1n) is 5.92. The molecule has 19 heavy (non-hydrogen) atoms. The Morgan fingerprint density at radius 1 is 1.26 bits per heavy atom. The van der Waals surface area contributed by atoms with Crippen molar-refractivity contribution in [1.82, 2.24) is 29.9 Å². The minimum atomic E-state index is 0.754. The Kier molecular flexibility index (Phi) is 3.04. The topological polar surface area (TPSA) is 69.4 Å². The molecule has 0 atom stereocenters. The molecule has 7 heteroatoms. The van der Waals surface area contributed by atoms with Crippen LogP contribution in [0.1, 0.15) is 12.6 Å². The van der Waals surface area contributed by atoms with E-state index in [1.807, 2.05) is 25.3 Å². The summed E-state index contributed by atoms with van der Waals surface area (Å²) in [7, 11) is 0. The molecule has 0 aliphatic carbocycles. The second-order valence-electron chi connectivity index (χ2n) is 3.96. The number of aromatic nitrogens is 6. The lowest BCUT2D eigenvalue weighted by atomic mass is 10.3. The van der Waals surface area contributed by atoms with Crippen molar-refractivity contribution < 1.29 is 0 Å². The first kappa shape index (κ1) is 11.9. The SMILES string of the molecule is CCn1nc(C)c(-c2csc(-c3ccncn3)n2)n1. The van der Waals surface area contributed by atoms with Gasteiger partial charge in [-0.3, -0.25) is 0 Å². The minimum Gasteiger partial charge on any atom is -0.245 e. The first-order chi connectivity index (χ1) is 9.28. The maximum Gasteiger partial charge on any atom is 0.142 e. The van der Waals surface area contributed by atoms with Crippen LogP contribution in [-0.4, -0.2) is 29.9 Å². The molecule has 0 spiro atoms. The highest BCUT2D eigenvalue weighted by Crippen LogP contribution is 2.27. The molecule has 96 valence electrons. The van der Waals surface area contributed by atoms with Gasteiger partial charge in [0.2, 0.25) is 0 Å². The first-order valence-corrected chi connectivity index (χ1v) is 6.80. The van der Waals surface area contributed by atoms with Gasteiger partial charge in [0.05, 0.1) is 12.2 Å². The summed E-state index contributed by atoms with van der Waals surface area (Å²) >= 11 is 1.54. The standard InChI is InChI=1S/C12H12N6S/c1-3-18-16-8(2)11(17-18)10-6-19-12(15-10)9-4-5-13-7-14-9/h4-7H,3H2,1-2H3. The molecule has 0 saturated carbocycles. The predicted octanol–water partition coefficient (Wildman–Crippen LogP) is 2.19. The molecule has 0 aliphatic heterocycles. The van der Waals surface area contributed by atoms with E-state index in [-0.39, 0.29) is 0 Å². The van der Waals surface area contributed by atoms with Crippen molar-refractivity contribution in [1.29, 1.82) is 0 Å². The maximum atomic E-state index is 4.57. The normalized spacial score (nSPS) is 10.8. The zero-order chi connectivity index (χ0) is 13.2. The maximum absolute atomic E-state index is 4.57. The molecule has 3 heterocycles. The quantitative estimate of drug-likeness (QED) is 0.731. The molecular weight excluding hydrogens is 260 g/mol. The molecule has 0 fully saturated rings. The third kappa shape index (κ3) is 2.24. The lowest BCUT2D eigenvalue weighted by Gasteiger charge is -1.92. The van der Waals surface area contributed by atoms with Crippen LogP contribution in [0.2, 0.25) is 0 Å². The van der Waals surface area contributed by atoms with Gasteiger partial charge < -0.3 is 0 Å². The van der Waals surface area contributed by atoms with Gasteiger partial charge in [-0.1, -0.05) is 0 Å². The second kappa shape index (κ2) is 4.85. The van der Waals surface area contributed by atoms with E-state index in [9.17, 15) is 0 Å². The van der Waals surface area contributed by atoms with Crippen molar-refractivity contribution in [3.05, 3.63) is 29.7 Å². The number of thiazole rings is 1. The van der Waals surface area contributed by atoms with Crippen LogP contribution >= 0.6 is 11.3 Å². The summed E-state index contributed by atoms with van der Waals surface area (Å²) < 4.78 is 0. The van der Waals surface area contributed by atoms with E-state index >= 15 is 0 Å². The number of aryl methyl sites for hydroxylation is 2. The van der Waals surface area contributed by atoms with E-state index in [0.717, 1.165) is 34.3 Å². The zero-order valence-electron chi connectivity index (χ0n) is 10.6. The molecule has 0 amide bonds. The van der Waals surface area contributed by atoms with Crippen LogP contribution in [-0.2, 0) is 6.54 Å². The van der Waals surface area contributed by atoms with Gasteiger partial charge >= 0.3 is 0 Å². The summed E-state index contributed by atoms with van der Waals surface area (Å²) in [6.45, 7) is 4.71. The van der Waals surface area contributed by atoms with Gasteiger partial charge in [0.15, 0.2) is 0 Å². The molecule has 0 aliphatic rings. The summed E-state index contributed by atoms with van der Waals surface area (Å²) in [5, 5.41) is 11.6. The number of nitrogens with zero attached hydrogens (tertiary/aromatic N) is 6. The fourth-order valence-corrected chi connectivity index (χ4v) is 2.51. The van der Waals surface area contributed by atoms with Gasteiger partial charge in [0.25, 0.3) is 0 Å². The molecule has 6 nitrogen and oxygen atoms in total. The highest BCUT2D eigenvalue weighted by Gasteiger charge is 2.13. The van der Waals surface area contributed by atoms with Gasteiger partial charge in [0.1, 0.15) is 28.4 Å². The molecule has 0 saturated heterocycles. The minimum absolute atomic E-state index is 0.754. The van der Waals surface area contributed by atoms with Crippen molar-refractivity contribution in [2.45, 2.75) is 20.4 Å². The summed E-state index contributed by atoms with van der Waals surface area (Å²) in [6.07, 6.45) is 3.23. The average molecular weight is 272 g/mol. The Balaban J connectivity index is 1.99. The van der Waals surface area contributed by atoms with Crippen LogP contribution in [0.25, 0.3) is 22.1 Å². The van der Waals surface area contributed by atoms with E-state index in [1.54, 1.807) is 22.3 Å². The monoisotopic (exact) mass is 272 g/mol. The summed E-state index contributed by atoms with van der Waals surface area (Å²) in [5.41, 5.74) is 3.39. The number of hydrogen-bond donors (Lipinski definition) is 0. The number of hydrogen-bond acceptors (Lipinski definition) is 6. The Labute approximate surface area is 114 Å². The third-order valence-corrected chi connectivity index (χ3v) is 3.52. The highest BCUT2D eigenvalue weighted by atomic mass is 32.1. The molecular formula is C12H12N6S. The van der Waals surface area contributed by atoms with Gasteiger partial charge in [0, 0.05) is 11.6 Å². The van der Waals surface area contributed by atoms with Crippen molar-refractivity contribution in [2.24, 2.45) is 0 Å². The van der Waals surface area contributed by atoms with Gasteiger partial charge in [-0.05, 0) is 19.9 Å². The summed E-state index contributed by atoms with van der Waals surface area (Å²) in [6, 6.07) is 1.85. The smallest absolute Gasteiger partial charge is 0.142 e. The Morgan fingerprint density at radius 3 is 2.84 bits per heavy atom. The van der Waals surface area contributed by atoms with Crippen LogP contribution in [0.4, 0.5) is 0 Å². The lowest BCUT2D eigenvalue weighted by Crippen LogP contribution is -1.98. The largest absolute Gasteiger partial charge is 0.245 e. The van der Waals surface area contributed by atoms with Crippen molar-refractivity contribution in [2.75, 3.05) is 0 Å². The van der Waals surface area contributed by atoms with Crippen LogP contribution in [0, 0.1) is 6.92 Å². The van der Waals surface area contributed by atoms with Crippen molar-refractivity contribution in [3.63, 3.8) is 0 Å². The van der Waals surface area contributed by atoms with Crippen LogP contribution in [0.5, 0.6) is 0 Å². The van der Waals surface area contributed by atoms with Gasteiger partial charge in [-0.25, -0.2) is 15.0 Å². The molecule has 0 radical (unpaired) electrons. The van der Waals surface area contributed by atoms with E-state index < -0.39 is 0 Å². The second-order valence-corrected chi connectivity index (χ2v) is 4.81. The molecule has 0 aromatic carbocycles. The molecule has 0 bridgehead atoms. The summed E-state index contributed by atoms with van der Waals surface area (Å²) in [5.74, 6) is 0. The van der Waals surface area contributed by atoms with Gasteiger partial charge in [-0.15, -0.1) is 11.3 Å². The molecule has 0 N–H and O–H groups in total. The molecule has 3 aromatic heterocycles. The third-order valence-electron chi connectivity index (χ3n) is 2.65. The van der Waals surface area contributed by atoms with E-state index in [4.69, 9.17) is 0 Å². The zero-order valence-corrected chi connectivity index (χ0v) is 11.4. The lowest BCUT2D eigenvalue weighted by molar-refractivity contribution is 0.567. The Hall–Kier alpha value is -2.15. The highest BCUT2D eigenvalue weighted by molar-refractivity contribution is 7.13. The fraction of sp³-hybridized carbons (Fsp3) is 0.250. The van der Waals surface area contributed by atoms with Crippen molar-refractivity contribution >= 4 is 11.3 Å². The van der Waals surface area contributed by atoms with Crippen LogP contribution in [0.3, 0.4) is 0 Å². The van der Waals surface area contributed by atoms with Gasteiger partial charge in [-0.2, -0.15) is 15.0 Å².